The van der Waals surface area contributed by atoms with Crippen molar-refractivity contribution in [1.82, 2.24) is 10.2 Å². The molecule has 1 aromatic carbocycles. The molecule has 0 unspecified atom stereocenters. The Morgan fingerprint density at radius 3 is 2.71 bits per heavy atom. The monoisotopic (exact) mass is 338 g/mol. The highest BCUT2D eigenvalue weighted by Gasteiger charge is 2.38. The minimum absolute atomic E-state index is 0.0137. The number of ether oxygens (including phenoxy) is 1. The van der Waals surface area contributed by atoms with Crippen molar-refractivity contribution in [3.63, 3.8) is 0 Å². The molecule has 0 aliphatic carbocycles. The van der Waals surface area contributed by atoms with E-state index < -0.39 is 18.2 Å². The number of urea groups is 1. The van der Waals surface area contributed by atoms with E-state index in [-0.39, 0.29) is 37.4 Å². The SMILES string of the molecule is CC(C)C[C@H]1NC(=O)N(C[C@H](O)COCc2ccccc2F)C1=O. The Kier molecular flexibility index (Phi) is 6.28. The second-order valence-electron chi connectivity index (χ2n) is 6.34. The zero-order valence-corrected chi connectivity index (χ0v) is 13.9. The fourth-order valence-corrected chi connectivity index (χ4v) is 2.56. The van der Waals surface area contributed by atoms with Crippen molar-refractivity contribution in [3.05, 3.63) is 35.6 Å². The first-order chi connectivity index (χ1) is 11.4. The van der Waals surface area contributed by atoms with Crippen molar-refractivity contribution in [2.24, 2.45) is 5.92 Å². The number of nitrogens with zero attached hydrogens (tertiary/aromatic N) is 1. The van der Waals surface area contributed by atoms with Crippen LogP contribution in [0.4, 0.5) is 9.18 Å². The van der Waals surface area contributed by atoms with Gasteiger partial charge in [0.25, 0.3) is 5.91 Å². The maximum absolute atomic E-state index is 13.4. The highest BCUT2D eigenvalue weighted by Crippen LogP contribution is 2.15. The molecule has 2 atom stereocenters. The molecule has 1 heterocycles. The molecule has 0 spiro atoms. The average molecular weight is 338 g/mol. The van der Waals surface area contributed by atoms with Crippen LogP contribution in [0.15, 0.2) is 24.3 Å². The molecule has 0 aromatic heterocycles. The standard InChI is InChI=1S/C17H23FN2O4/c1-11(2)7-15-16(22)20(17(23)19-15)8-13(21)10-24-9-12-5-3-4-6-14(12)18/h3-6,11,13,15,21H,7-10H2,1-2H3,(H,19,23)/t13-,15+/m0/s1. The third-order valence-corrected chi connectivity index (χ3v) is 3.73. The summed E-state index contributed by atoms with van der Waals surface area (Å²) in [6.45, 7) is 3.71. The number of imide groups is 1. The van der Waals surface area contributed by atoms with Crippen molar-refractivity contribution >= 4 is 11.9 Å². The Hall–Kier alpha value is -1.99. The number of amides is 3. The Bertz CT molecular complexity index is 594. The second kappa shape index (κ2) is 8.21. The van der Waals surface area contributed by atoms with Crippen LogP contribution in [0.5, 0.6) is 0 Å². The number of β-amino-alcohol motifs (C(OH)–C–C–N with tert-alkyl or cyclic N) is 1. The molecule has 1 fully saturated rings. The van der Waals surface area contributed by atoms with E-state index in [2.05, 4.69) is 5.32 Å². The van der Waals surface area contributed by atoms with Gasteiger partial charge in [-0.3, -0.25) is 9.69 Å². The van der Waals surface area contributed by atoms with Crippen LogP contribution >= 0.6 is 0 Å². The number of aliphatic hydroxyl groups excluding tert-OH is 1. The van der Waals surface area contributed by atoms with Crippen LogP contribution in [0.1, 0.15) is 25.8 Å². The van der Waals surface area contributed by atoms with Crippen molar-refractivity contribution in [2.45, 2.75) is 39.0 Å². The zero-order valence-electron chi connectivity index (χ0n) is 13.9. The molecule has 0 radical (unpaired) electrons. The van der Waals surface area contributed by atoms with E-state index in [0.29, 0.717) is 12.0 Å². The highest BCUT2D eigenvalue weighted by atomic mass is 19.1. The van der Waals surface area contributed by atoms with Gasteiger partial charge < -0.3 is 15.2 Å². The normalized spacial score (nSPS) is 19.0. The van der Waals surface area contributed by atoms with Crippen LogP contribution in [-0.4, -0.2) is 47.2 Å². The van der Waals surface area contributed by atoms with E-state index in [1.807, 2.05) is 13.8 Å². The number of carbonyl (C=O) groups is 2. The summed E-state index contributed by atoms with van der Waals surface area (Å²) in [7, 11) is 0. The quantitative estimate of drug-likeness (QED) is 0.707. The highest BCUT2D eigenvalue weighted by molar-refractivity contribution is 6.04. The molecule has 1 aliphatic heterocycles. The maximum Gasteiger partial charge on any atom is 0.324 e. The Morgan fingerprint density at radius 2 is 2.04 bits per heavy atom. The van der Waals surface area contributed by atoms with Gasteiger partial charge in [-0.15, -0.1) is 0 Å². The van der Waals surface area contributed by atoms with Gasteiger partial charge in [0.2, 0.25) is 0 Å². The molecule has 7 heteroatoms. The van der Waals surface area contributed by atoms with E-state index in [4.69, 9.17) is 4.74 Å². The number of hydrogen-bond donors (Lipinski definition) is 2. The Morgan fingerprint density at radius 1 is 1.33 bits per heavy atom. The van der Waals surface area contributed by atoms with E-state index in [1.54, 1.807) is 18.2 Å². The number of rotatable bonds is 8. The summed E-state index contributed by atoms with van der Waals surface area (Å²) in [6.07, 6.45) is -0.467. The zero-order chi connectivity index (χ0) is 17.7. The van der Waals surface area contributed by atoms with E-state index in [1.165, 1.54) is 6.07 Å². The molecule has 0 bridgehead atoms. The topological polar surface area (TPSA) is 78.9 Å². The smallest absolute Gasteiger partial charge is 0.324 e. The number of halogens is 1. The lowest BCUT2D eigenvalue weighted by Gasteiger charge is -2.18. The summed E-state index contributed by atoms with van der Waals surface area (Å²) < 4.78 is 18.7. The number of benzene rings is 1. The fourth-order valence-electron chi connectivity index (χ4n) is 2.56. The van der Waals surface area contributed by atoms with Gasteiger partial charge in [0, 0.05) is 5.56 Å². The maximum atomic E-state index is 13.4. The minimum atomic E-state index is -1.02. The first-order valence-corrected chi connectivity index (χ1v) is 7.99. The Balaban J connectivity index is 1.79. The third-order valence-electron chi connectivity index (χ3n) is 3.73. The first kappa shape index (κ1) is 18.4. The number of nitrogens with one attached hydrogen (secondary N) is 1. The van der Waals surface area contributed by atoms with Crippen LogP contribution in [0.2, 0.25) is 0 Å². The first-order valence-electron chi connectivity index (χ1n) is 7.99. The molecule has 1 aromatic rings. The van der Waals surface area contributed by atoms with Crippen molar-refractivity contribution in [3.8, 4) is 0 Å². The van der Waals surface area contributed by atoms with E-state index >= 15 is 0 Å². The van der Waals surface area contributed by atoms with Crippen LogP contribution in [0.3, 0.4) is 0 Å². The van der Waals surface area contributed by atoms with Gasteiger partial charge in [-0.25, -0.2) is 9.18 Å². The number of aliphatic hydroxyl groups is 1. The van der Waals surface area contributed by atoms with Crippen LogP contribution in [0, 0.1) is 11.7 Å². The lowest BCUT2D eigenvalue weighted by molar-refractivity contribution is -0.129. The summed E-state index contributed by atoms with van der Waals surface area (Å²) in [6, 6.07) is 5.16. The molecule has 1 aliphatic rings. The average Bonchev–Trinajstić information content (AvgIpc) is 2.76. The molecule has 0 saturated carbocycles. The van der Waals surface area contributed by atoms with Gasteiger partial charge in [0.1, 0.15) is 11.9 Å². The summed E-state index contributed by atoms with van der Waals surface area (Å²) in [5.41, 5.74) is 0.386. The lowest BCUT2D eigenvalue weighted by atomic mass is 10.0. The molecule has 2 N–H and O–H groups in total. The van der Waals surface area contributed by atoms with Crippen molar-refractivity contribution in [2.75, 3.05) is 13.2 Å². The van der Waals surface area contributed by atoms with Gasteiger partial charge in [-0.2, -0.15) is 0 Å². The minimum Gasteiger partial charge on any atom is -0.389 e. The van der Waals surface area contributed by atoms with Crippen LogP contribution < -0.4 is 5.32 Å². The molecule has 1 saturated heterocycles. The molecule has 3 amide bonds. The summed E-state index contributed by atoms with van der Waals surface area (Å²) in [5, 5.41) is 12.6. The van der Waals surface area contributed by atoms with Crippen LogP contribution in [-0.2, 0) is 16.1 Å². The molecule has 24 heavy (non-hydrogen) atoms. The van der Waals surface area contributed by atoms with E-state index in [9.17, 15) is 19.1 Å². The lowest BCUT2D eigenvalue weighted by Crippen LogP contribution is -2.39. The molecular formula is C17H23FN2O4. The van der Waals surface area contributed by atoms with Gasteiger partial charge in [0.15, 0.2) is 0 Å². The third kappa shape index (κ3) is 4.75. The molecule has 2 rings (SSSR count). The predicted molar refractivity (Wildman–Crippen MR) is 85.6 cm³/mol. The summed E-state index contributed by atoms with van der Waals surface area (Å²) in [5.74, 6) is -0.437. The number of carbonyl (C=O) groups excluding carboxylic acids is 2. The van der Waals surface area contributed by atoms with Gasteiger partial charge in [-0.05, 0) is 18.4 Å². The largest absolute Gasteiger partial charge is 0.389 e. The van der Waals surface area contributed by atoms with Gasteiger partial charge in [0.05, 0.1) is 25.9 Å². The summed E-state index contributed by atoms with van der Waals surface area (Å²) in [4.78, 5) is 25.0. The summed E-state index contributed by atoms with van der Waals surface area (Å²) >= 11 is 0. The van der Waals surface area contributed by atoms with Crippen LogP contribution in [0.25, 0.3) is 0 Å². The van der Waals surface area contributed by atoms with Gasteiger partial charge in [-0.1, -0.05) is 32.0 Å². The molecular weight excluding hydrogens is 315 g/mol. The second-order valence-corrected chi connectivity index (χ2v) is 6.34. The van der Waals surface area contributed by atoms with Crippen molar-refractivity contribution in [1.29, 1.82) is 0 Å². The van der Waals surface area contributed by atoms with E-state index in [0.717, 1.165) is 4.90 Å². The molecule has 6 nitrogen and oxygen atoms in total. The predicted octanol–water partition coefficient (Wildman–Crippen LogP) is 1.67. The Labute approximate surface area is 140 Å². The van der Waals surface area contributed by atoms with Gasteiger partial charge >= 0.3 is 6.03 Å². The fraction of sp³-hybridized carbons (Fsp3) is 0.529. The molecule has 132 valence electrons. The van der Waals surface area contributed by atoms with Crippen molar-refractivity contribution < 1.29 is 23.8 Å². The number of hydrogen-bond acceptors (Lipinski definition) is 4.